The third-order valence-electron chi connectivity index (χ3n) is 3.16. The van der Waals surface area contributed by atoms with E-state index >= 15 is 0 Å². The molecule has 0 unspecified atom stereocenters. The van der Waals surface area contributed by atoms with Crippen LogP contribution in [-0.2, 0) is 13.5 Å². The number of nitrogens with zero attached hydrogens (tertiary/aromatic N) is 4. The van der Waals surface area contributed by atoms with Gasteiger partial charge in [0, 0.05) is 18.2 Å². The predicted molar refractivity (Wildman–Crippen MR) is 76.7 cm³/mol. The Morgan fingerprint density at radius 1 is 1.26 bits per heavy atom. The zero-order valence-electron chi connectivity index (χ0n) is 12.2. The van der Waals surface area contributed by atoms with Gasteiger partial charge >= 0.3 is 0 Å². The Kier molecular flexibility index (Phi) is 3.55. The fourth-order valence-electron chi connectivity index (χ4n) is 2.20. The van der Waals surface area contributed by atoms with Crippen molar-refractivity contribution in [1.82, 2.24) is 20.0 Å². The fraction of sp³-hybridized carbons (Fsp3) is 0.500. The van der Waals surface area contributed by atoms with E-state index in [1.54, 1.807) is 4.68 Å². The van der Waals surface area contributed by atoms with Crippen molar-refractivity contribution in [2.75, 3.05) is 5.73 Å². The van der Waals surface area contributed by atoms with Crippen molar-refractivity contribution in [2.24, 2.45) is 13.0 Å². The fourth-order valence-corrected chi connectivity index (χ4v) is 2.20. The number of nitrogens with two attached hydrogens (primary N) is 1. The van der Waals surface area contributed by atoms with Crippen LogP contribution in [-0.4, -0.2) is 20.0 Å². The number of anilines is 1. The molecule has 0 saturated carbocycles. The molecule has 0 bridgehead atoms. The normalized spacial score (nSPS) is 11.3. The summed E-state index contributed by atoms with van der Waals surface area (Å²) in [7, 11) is 1.87. The van der Waals surface area contributed by atoms with Crippen LogP contribution in [0.25, 0.3) is 11.3 Å². The molecule has 5 heteroatoms. The average molecular weight is 259 g/mol. The SMILES string of the molecule is Cc1cc(-c2nn(C)c(N)c2CC(C)C)c(C)nn1. The van der Waals surface area contributed by atoms with Crippen LogP contribution < -0.4 is 5.73 Å². The molecule has 0 spiro atoms. The summed E-state index contributed by atoms with van der Waals surface area (Å²) in [5, 5.41) is 12.8. The summed E-state index contributed by atoms with van der Waals surface area (Å²) in [5.74, 6) is 1.26. The van der Waals surface area contributed by atoms with E-state index in [2.05, 4.69) is 29.1 Å². The van der Waals surface area contributed by atoms with Crippen molar-refractivity contribution in [3.63, 3.8) is 0 Å². The number of aryl methyl sites for hydroxylation is 3. The van der Waals surface area contributed by atoms with Crippen molar-refractivity contribution in [3.8, 4) is 11.3 Å². The molecule has 102 valence electrons. The van der Waals surface area contributed by atoms with Crippen LogP contribution in [0, 0.1) is 19.8 Å². The minimum atomic E-state index is 0.529. The van der Waals surface area contributed by atoms with Crippen LogP contribution in [0.1, 0.15) is 30.8 Å². The Labute approximate surface area is 113 Å². The van der Waals surface area contributed by atoms with Crippen molar-refractivity contribution in [1.29, 1.82) is 0 Å². The number of rotatable bonds is 3. The zero-order chi connectivity index (χ0) is 14.2. The maximum atomic E-state index is 6.14. The topological polar surface area (TPSA) is 69.6 Å². The predicted octanol–water partition coefficient (Wildman–Crippen LogP) is 2.27. The van der Waals surface area contributed by atoms with Gasteiger partial charge in [0.25, 0.3) is 0 Å². The molecule has 0 aliphatic carbocycles. The first-order valence-corrected chi connectivity index (χ1v) is 6.52. The van der Waals surface area contributed by atoms with Gasteiger partial charge in [-0.15, -0.1) is 0 Å². The van der Waals surface area contributed by atoms with Gasteiger partial charge in [-0.3, -0.25) is 4.68 Å². The zero-order valence-corrected chi connectivity index (χ0v) is 12.2. The molecule has 2 rings (SSSR count). The summed E-state index contributed by atoms with van der Waals surface area (Å²) in [4.78, 5) is 0. The quantitative estimate of drug-likeness (QED) is 0.918. The van der Waals surface area contributed by atoms with Crippen LogP contribution in [0.3, 0.4) is 0 Å². The molecule has 5 nitrogen and oxygen atoms in total. The number of hydrogen-bond donors (Lipinski definition) is 1. The van der Waals surface area contributed by atoms with Gasteiger partial charge in [0.1, 0.15) is 5.82 Å². The third-order valence-corrected chi connectivity index (χ3v) is 3.16. The van der Waals surface area contributed by atoms with E-state index in [1.165, 1.54) is 0 Å². The Morgan fingerprint density at radius 2 is 1.95 bits per heavy atom. The highest BCUT2D eigenvalue weighted by Crippen LogP contribution is 2.30. The molecule has 0 aromatic carbocycles. The van der Waals surface area contributed by atoms with Crippen molar-refractivity contribution in [3.05, 3.63) is 23.0 Å². The third kappa shape index (κ3) is 2.59. The molecule has 2 heterocycles. The molecule has 0 aliphatic rings. The summed E-state index contributed by atoms with van der Waals surface area (Å²) in [5.41, 5.74) is 11.0. The smallest absolute Gasteiger partial charge is 0.125 e. The molecule has 2 aromatic rings. The Balaban J connectivity index is 2.61. The largest absolute Gasteiger partial charge is 0.384 e. The highest BCUT2D eigenvalue weighted by molar-refractivity contribution is 5.70. The lowest BCUT2D eigenvalue weighted by atomic mass is 9.98. The Bertz CT molecular complexity index is 598. The first-order valence-electron chi connectivity index (χ1n) is 6.52. The molecule has 0 fully saturated rings. The molecule has 2 aromatic heterocycles. The van der Waals surface area contributed by atoms with E-state index in [1.807, 2.05) is 27.0 Å². The van der Waals surface area contributed by atoms with Gasteiger partial charge in [0.05, 0.1) is 17.1 Å². The summed E-state index contributed by atoms with van der Waals surface area (Å²) in [6.07, 6.45) is 0.913. The first-order chi connectivity index (χ1) is 8.90. The van der Waals surface area contributed by atoms with Crippen LogP contribution in [0.5, 0.6) is 0 Å². The van der Waals surface area contributed by atoms with Gasteiger partial charge in [-0.25, -0.2) is 0 Å². The molecule has 0 atom stereocenters. The standard InChI is InChI=1S/C14H21N5/c1-8(2)6-12-13(18-19(5)14(12)15)11-7-9(3)16-17-10(11)4/h7-8H,6,15H2,1-5H3. The van der Waals surface area contributed by atoms with E-state index < -0.39 is 0 Å². The van der Waals surface area contributed by atoms with Gasteiger partial charge in [-0.05, 0) is 32.3 Å². The lowest BCUT2D eigenvalue weighted by Gasteiger charge is -2.08. The summed E-state index contributed by atoms with van der Waals surface area (Å²) in [6.45, 7) is 8.24. The minimum Gasteiger partial charge on any atom is -0.384 e. The van der Waals surface area contributed by atoms with Gasteiger partial charge in [-0.1, -0.05) is 13.8 Å². The van der Waals surface area contributed by atoms with Crippen molar-refractivity contribution in [2.45, 2.75) is 34.1 Å². The Hall–Kier alpha value is -1.91. The van der Waals surface area contributed by atoms with E-state index in [0.717, 1.165) is 40.4 Å². The summed E-state index contributed by atoms with van der Waals surface area (Å²) in [6, 6.07) is 2.02. The highest BCUT2D eigenvalue weighted by atomic mass is 15.3. The monoisotopic (exact) mass is 259 g/mol. The van der Waals surface area contributed by atoms with Gasteiger partial charge in [0.2, 0.25) is 0 Å². The van der Waals surface area contributed by atoms with Gasteiger partial charge in [-0.2, -0.15) is 15.3 Å². The van der Waals surface area contributed by atoms with Crippen LogP contribution in [0.15, 0.2) is 6.07 Å². The lowest BCUT2D eigenvalue weighted by Crippen LogP contribution is -2.02. The second-order valence-corrected chi connectivity index (χ2v) is 5.42. The van der Waals surface area contributed by atoms with Crippen LogP contribution in [0.4, 0.5) is 5.82 Å². The molecule has 0 aliphatic heterocycles. The van der Waals surface area contributed by atoms with Gasteiger partial charge < -0.3 is 5.73 Å². The van der Waals surface area contributed by atoms with E-state index in [9.17, 15) is 0 Å². The van der Waals surface area contributed by atoms with Crippen LogP contribution in [0.2, 0.25) is 0 Å². The molecular weight excluding hydrogens is 238 g/mol. The average Bonchev–Trinajstić information content (AvgIpc) is 2.60. The van der Waals surface area contributed by atoms with E-state index in [-0.39, 0.29) is 0 Å². The van der Waals surface area contributed by atoms with Crippen molar-refractivity contribution >= 4 is 5.82 Å². The summed E-state index contributed by atoms with van der Waals surface area (Å²) < 4.78 is 1.74. The second-order valence-electron chi connectivity index (χ2n) is 5.42. The molecule has 0 saturated heterocycles. The molecule has 2 N–H and O–H groups in total. The van der Waals surface area contributed by atoms with E-state index in [4.69, 9.17) is 5.73 Å². The first kappa shape index (κ1) is 13.5. The lowest BCUT2D eigenvalue weighted by molar-refractivity contribution is 0.648. The molecule has 0 amide bonds. The van der Waals surface area contributed by atoms with Gasteiger partial charge in [0.15, 0.2) is 0 Å². The second kappa shape index (κ2) is 4.99. The summed E-state index contributed by atoms with van der Waals surface area (Å²) >= 11 is 0. The highest BCUT2D eigenvalue weighted by Gasteiger charge is 2.18. The minimum absolute atomic E-state index is 0.529. The van der Waals surface area contributed by atoms with E-state index in [0.29, 0.717) is 5.92 Å². The maximum absolute atomic E-state index is 6.14. The van der Waals surface area contributed by atoms with Crippen LogP contribution >= 0.6 is 0 Å². The number of hydrogen-bond acceptors (Lipinski definition) is 4. The number of aromatic nitrogens is 4. The number of nitrogen functional groups attached to an aromatic ring is 1. The molecule has 0 radical (unpaired) electrons. The maximum Gasteiger partial charge on any atom is 0.125 e. The molecular formula is C14H21N5. The van der Waals surface area contributed by atoms with Crippen molar-refractivity contribution < 1.29 is 0 Å². The molecule has 19 heavy (non-hydrogen) atoms. The Morgan fingerprint density at radius 3 is 2.58 bits per heavy atom.